The number of rotatable bonds is 3. The molecule has 5 rings (SSSR count). The molecule has 4 aromatic rings. The number of aromatic nitrogens is 4. The minimum absolute atomic E-state index is 0.131. The number of carbonyl (C=O) groups is 1. The number of fused-ring (bicyclic) bond motifs is 2. The van der Waals surface area contributed by atoms with Crippen molar-refractivity contribution in [3.63, 3.8) is 0 Å². The van der Waals surface area contributed by atoms with Gasteiger partial charge in [0.25, 0.3) is 5.91 Å². The maximum absolute atomic E-state index is 14.8. The topological polar surface area (TPSA) is 66.8 Å². The third kappa shape index (κ3) is 2.49. The van der Waals surface area contributed by atoms with E-state index in [0.29, 0.717) is 16.8 Å². The molecule has 0 unspecified atom stereocenters. The first-order valence-electron chi connectivity index (χ1n) is 8.73. The van der Waals surface area contributed by atoms with Gasteiger partial charge in [0.1, 0.15) is 17.3 Å². The lowest BCUT2D eigenvalue weighted by atomic mass is 9.99. The van der Waals surface area contributed by atoms with Crippen molar-refractivity contribution < 1.29 is 13.6 Å². The van der Waals surface area contributed by atoms with E-state index in [1.807, 2.05) is 12.3 Å². The minimum Gasteiger partial charge on any atom is -0.328 e. The molecule has 0 fully saturated rings. The monoisotopic (exact) mass is 379 g/mol. The van der Waals surface area contributed by atoms with Crippen LogP contribution in [0.25, 0.3) is 22.0 Å². The Morgan fingerprint density at radius 1 is 1.21 bits per heavy atom. The summed E-state index contributed by atoms with van der Waals surface area (Å²) in [5, 5.41) is 11.6. The van der Waals surface area contributed by atoms with Gasteiger partial charge in [0.05, 0.1) is 24.8 Å². The van der Waals surface area contributed by atoms with Gasteiger partial charge < -0.3 is 4.90 Å². The Hall–Kier alpha value is -3.55. The summed E-state index contributed by atoms with van der Waals surface area (Å²) in [5.41, 5.74) is 2.86. The van der Waals surface area contributed by atoms with Crippen molar-refractivity contribution in [2.75, 3.05) is 0 Å². The van der Waals surface area contributed by atoms with Gasteiger partial charge in [-0.2, -0.15) is 10.2 Å². The quantitative estimate of drug-likeness (QED) is 0.593. The van der Waals surface area contributed by atoms with Crippen LogP contribution in [0.4, 0.5) is 8.78 Å². The fourth-order valence-corrected chi connectivity index (χ4v) is 3.69. The van der Waals surface area contributed by atoms with E-state index in [1.54, 1.807) is 30.1 Å². The Balaban J connectivity index is 1.51. The third-order valence-electron chi connectivity index (χ3n) is 5.05. The molecule has 3 heterocycles. The molecule has 0 aliphatic carbocycles. The number of benzene rings is 2. The summed E-state index contributed by atoms with van der Waals surface area (Å²) in [5.74, 6) is -1.68. The fourth-order valence-electron chi connectivity index (χ4n) is 3.69. The van der Waals surface area contributed by atoms with Crippen LogP contribution in [0.3, 0.4) is 0 Å². The summed E-state index contributed by atoms with van der Waals surface area (Å²) >= 11 is 0. The summed E-state index contributed by atoms with van der Waals surface area (Å²) < 4.78 is 31.3. The van der Waals surface area contributed by atoms with E-state index < -0.39 is 11.6 Å². The highest BCUT2D eigenvalue weighted by atomic mass is 19.1. The van der Waals surface area contributed by atoms with E-state index in [1.165, 1.54) is 17.0 Å². The molecule has 0 saturated heterocycles. The summed E-state index contributed by atoms with van der Waals surface area (Å²) in [4.78, 5) is 13.7. The van der Waals surface area contributed by atoms with E-state index in [2.05, 4.69) is 15.3 Å². The molecular formula is C20H15F2N5O. The number of aromatic amines is 1. The van der Waals surface area contributed by atoms with Crippen molar-refractivity contribution in [2.45, 2.75) is 13.1 Å². The molecule has 0 bridgehead atoms. The van der Waals surface area contributed by atoms with Crippen molar-refractivity contribution in [2.24, 2.45) is 7.05 Å². The van der Waals surface area contributed by atoms with Gasteiger partial charge in [-0.1, -0.05) is 12.1 Å². The van der Waals surface area contributed by atoms with Crippen LogP contribution < -0.4 is 0 Å². The Bertz CT molecular complexity index is 1220. The number of hydrogen-bond acceptors (Lipinski definition) is 3. The van der Waals surface area contributed by atoms with Crippen LogP contribution in [-0.2, 0) is 20.1 Å². The van der Waals surface area contributed by atoms with Gasteiger partial charge in [0, 0.05) is 29.8 Å². The standard InChI is InChI=1S/C20H15F2N5O/c1-26-9-14-13(3-2-4-18(14)25-26)11-5-16(21)15(17(22)6-11)10-27-8-12-7-23-24-19(12)20(27)28/h2-7,9H,8,10H2,1H3,(H,23,24). The number of H-pyrrole nitrogens is 1. The van der Waals surface area contributed by atoms with E-state index in [-0.39, 0.29) is 24.6 Å². The predicted octanol–water partition coefficient (Wildman–Crippen LogP) is 3.40. The third-order valence-corrected chi connectivity index (χ3v) is 5.05. The number of hydrogen-bond donors (Lipinski definition) is 1. The zero-order chi connectivity index (χ0) is 19.4. The Labute approximate surface area is 158 Å². The molecule has 8 heteroatoms. The normalized spacial score (nSPS) is 13.5. The highest BCUT2D eigenvalue weighted by Gasteiger charge is 2.30. The molecule has 0 spiro atoms. The second kappa shape index (κ2) is 5.98. The van der Waals surface area contributed by atoms with Gasteiger partial charge in [0.2, 0.25) is 0 Å². The van der Waals surface area contributed by atoms with Crippen molar-refractivity contribution in [1.29, 1.82) is 0 Å². The van der Waals surface area contributed by atoms with Crippen LogP contribution in [0.15, 0.2) is 42.7 Å². The SMILES string of the molecule is Cn1cc2c(-c3cc(F)c(CN4Cc5cn[nH]c5C4=O)c(F)c3)cccc2n1. The molecule has 1 amide bonds. The number of halogens is 2. The smallest absolute Gasteiger partial charge is 0.272 e. The maximum Gasteiger partial charge on any atom is 0.272 e. The fraction of sp³-hybridized carbons (Fsp3) is 0.150. The van der Waals surface area contributed by atoms with E-state index in [0.717, 1.165) is 16.5 Å². The molecule has 1 aliphatic heterocycles. The van der Waals surface area contributed by atoms with Gasteiger partial charge in [0.15, 0.2) is 0 Å². The molecule has 28 heavy (non-hydrogen) atoms. The average Bonchev–Trinajstić information content (AvgIpc) is 3.33. The van der Waals surface area contributed by atoms with Crippen LogP contribution in [0.1, 0.15) is 21.6 Å². The van der Waals surface area contributed by atoms with E-state index in [9.17, 15) is 13.6 Å². The van der Waals surface area contributed by atoms with Crippen LogP contribution in [-0.4, -0.2) is 30.8 Å². The predicted molar refractivity (Wildman–Crippen MR) is 98.2 cm³/mol. The minimum atomic E-state index is -0.683. The van der Waals surface area contributed by atoms with Gasteiger partial charge in [-0.25, -0.2) is 8.78 Å². The molecule has 0 radical (unpaired) electrons. The number of aryl methyl sites for hydroxylation is 1. The molecule has 6 nitrogen and oxygen atoms in total. The van der Waals surface area contributed by atoms with Gasteiger partial charge in [-0.15, -0.1) is 0 Å². The lowest BCUT2D eigenvalue weighted by Gasteiger charge is -2.17. The molecule has 2 aromatic heterocycles. The Morgan fingerprint density at radius 2 is 2.00 bits per heavy atom. The summed E-state index contributed by atoms with van der Waals surface area (Å²) in [6.45, 7) is 0.136. The van der Waals surface area contributed by atoms with Crippen molar-refractivity contribution >= 4 is 16.8 Å². The number of nitrogens with one attached hydrogen (secondary N) is 1. The zero-order valence-corrected chi connectivity index (χ0v) is 14.9. The maximum atomic E-state index is 14.8. The molecule has 1 aliphatic rings. The number of amides is 1. The van der Waals surface area contributed by atoms with Crippen LogP contribution in [0.5, 0.6) is 0 Å². The van der Waals surface area contributed by atoms with E-state index in [4.69, 9.17) is 0 Å². The summed E-state index contributed by atoms with van der Waals surface area (Å²) in [7, 11) is 1.80. The molecule has 0 saturated carbocycles. The van der Waals surface area contributed by atoms with Crippen molar-refractivity contribution in [3.05, 3.63) is 71.2 Å². The number of nitrogens with zero attached hydrogens (tertiary/aromatic N) is 4. The van der Waals surface area contributed by atoms with E-state index >= 15 is 0 Å². The largest absolute Gasteiger partial charge is 0.328 e. The number of carbonyl (C=O) groups excluding carboxylic acids is 1. The Morgan fingerprint density at radius 3 is 2.75 bits per heavy atom. The lowest BCUT2D eigenvalue weighted by Crippen LogP contribution is -2.25. The van der Waals surface area contributed by atoms with Crippen LogP contribution in [0.2, 0.25) is 0 Å². The molecule has 0 atom stereocenters. The van der Waals surface area contributed by atoms with Crippen molar-refractivity contribution in [1.82, 2.24) is 24.9 Å². The van der Waals surface area contributed by atoms with Gasteiger partial charge in [-0.3, -0.25) is 14.6 Å². The highest BCUT2D eigenvalue weighted by molar-refractivity contribution is 5.96. The molecular weight excluding hydrogens is 364 g/mol. The van der Waals surface area contributed by atoms with Crippen LogP contribution in [0, 0.1) is 11.6 Å². The van der Waals surface area contributed by atoms with Crippen LogP contribution >= 0.6 is 0 Å². The van der Waals surface area contributed by atoms with Gasteiger partial charge >= 0.3 is 0 Å². The second-order valence-corrected chi connectivity index (χ2v) is 6.89. The molecule has 140 valence electrons. The highest BCUT2D eigenvalue weighted by Crippen LogP contribution is 2.31. The summed E-state index contributed by atoms with van der Waals surface area (Å²) in [6.07, 6.45) is 3.37. The Kier molecular flexibility index (Phi) is 3.55. The van der Waals surface area contributed by atoms with Gasteiger partial charge in [-0.05, 0) is 29.3 Å². The lowest BCUT2D eigenvalue weighted by molar-refractivity contribution is 0.0757. The summed E-state index contributed by atoms with van der Waals surface area (Å²) in [6, 6.07) is 8.08. The average molecular weight is 379 g/mol. The molecule has 2 aromatic carbocycles. The van der Waals surface area contributed by atoms with Crippen molar-refractivity contribution in [3.8, 4) is 11.1 Å². The second-order valence-electron chi connectivity index (χ2n) is 6.89. The first kappa shape index (κ1) is 16.6. The first-order valence-corrected chi connectivity index (χ1v) is 8.73. The molecule has 1 N–H and O–H groups in total. The first-order chi connectivity index (χ1) is 13.5. The zero-order valence-electron chi connectivity index (χ0n) is 14.9.